The molecule has 1 N–H and O–H groups in total. The molecule has 2 rings (SSSR count). The van der Waals surface area contributed by atoms with E-state index in [1.54, 1.807) is 12.1 Å². The van der Waals surface area contributed by atoms with E-state index in [2.05, 4.69) is 10.1 Å². The lowest BCUT2D eigenvalue weighted by Crippen LogP contribution is -2.28. The average Bonchev–Trinajstić information content (AvgIpc) is 2.80. The van der Waals surface area contributed by atoms with Crippen LogP contribution in [0.25, 0.3) is 0 Å². The molecule has 0 heterocycles. The van der Waals surface area contributed by atoms with Gasteiger partial charge in [0.25, 0.3) is 0 Å². The molecule has 1 aliphatic rings. The summed E-state index contributed by atoms with van der Waals surface area (Å²) in [6, 6.07) is 5.38. The Hall–Kier alpha value is -1.55. The highest BCUT2D eigenvalue weighted by Gasteiger charge is 2.24. The van der Waals surface area contributed by atoms with Crippen LogP contribution in [-0.2, 0) is 16.0 Å². The van der Waals surface area contributed by atoms with Crippen molar-refractivity contribution in [2.75, 3.05) is 13.0 Å². The third kappa shape index (κ3) is 2.48. The number of nitrogens with one attached hydrogen (secondary N) is 1. The molecule has 1 amide bonds. The zero-order valence-electron chi connectivity index (χ0n) is 10.0. The fourth-order valence-corrected chi connectivity index (χ4v) is 2.31. The molecular formula is C13H14ClNO3. The Morgan fingerprint density at radius 2 is 2.28 bits per heavy atom. The molecule has 5 heteroatoms. The summed E-state index contributed by atoms with van der Waals surface area (Å²) in [6.45, 7) is 0. The van der Waals surface area contributed by atoms with Gasteiger partial charge in [0.2, 0.25) is 5.91 Å². The third-order valence-corrected chi connectivity index (χ3v) is 3.34. The molecule has 0 spiro atoms. The highest BCUT2D eigenvalue weighted by Crippen LogP contribution is 2.31. The van der Waals surface area contributed by atoms with Gasteiger partial charge in [0.15, 0.2) is 0 Å². The lowest BCUT2D eigenvalue weighted by Gasteiger charge is -2.13. The van der Waals surface area contributed by atoms with E-state index in [9.17, 15) is 9.59 Å². The number of esters is 1. The third-order valence-electron chi connectivity index (χ3n) is 3.10. The normalized spacial score (nSPS) is 17.1. The molecule has 0 bridgehead atoms. The summed E-state index contributed by atoms with van der Waals surface area (Å²) in [5.41, 5.74) is 2.64. The van der Waals surface area contributed by atoms with E-state index >= 15 is 0 Å². The zero-order chi connectivity index (χ0) is 13.1. The maximum Gasteiger partial charge on any atom is 0.337 e. The minimum Gasteiger partial charge on any atom is -0.465 e. The first kappa shape index (κ1) is 12.9. The number of rotatable bonds is 3. The second-order valence-corrected chi connectivity index (χ2v) is 4.46. The molecule has 1 unspecified atom stereocenters. The maximum absolute atomic E-state index is 11.5. The van der Waals surface area contributed by atoms with Crippen molar-refractivity contribution in [3.8, 4) is 0 Å². The number of hydrogen-bond acceptors (Lipinski definition) is 3. The van der Waals surface area contributed by atoms with Gasteiger partial charge in [0.05, 0.1) is 18.7 Å². The van der Waals surface area contributed by atoms with Crippen LogP contribution in [0.3, 0.4) is 0 Å². The number of halogens is 1. The second-order valence-electron chi connectivity index (χ2n) is 4.20. The molecule has 96 valence electrons. The van der Waals surface area contributed by atoms with Gasteiger partial charge >= 0.3 is 5.97 Å². The number of carbonyl (C=O) groups excluding carboxylic acids is 2. The molecule has 1 aromatic carbocycles. The largest absolute Gasteiger partial charge is 0.465 e. The quantitative estimate of drug-likeness (QED) is 0.671. The van der Waals surface area contributed by atoms with Crippen LogP contribution < -0.4 is 5.32 Å². The zero-order valence-corrected chi connectivity index (χ0v) is 10.8. The topological polar surface area (TPSA) is 55.4 Å². The summed E-state index contributed by atoms with van der Waals surface area (Å²) < 4.78 is 4.69. The predicted octanol–water partition coefficient (Wildman–Crippen LogP) is 1.82. The van der Waals surface area contributed by atoms with Crippen LogP contribution in [0.15, 0.2) is 18.2 Å². The van der Waals surface area contributed by atoms with Crippen LogP contribution in [-0.4, -0.2) is 24.9 Å². The van der Waals surface area contributed by atoms with Gasteiger partial charge in [0.1, 0.15) is 5.88 Å². The Morgan fingerprint density at radius 1 is 1.50 bits per heavy atom. The van der Waals surface area contributed by atoms with Gasteiger partial charge < -0.3 is 10.1 Å². The SMILES string of the molecule is COC(=O)c1ccc2c(c1)C(NC(=O)CCl)CC2. The van der Waals surface area contributed by atoms with E-state index < -0.39 is 0 Å². The Labute approximate surface area is 110 Å². The maximum atomic E-state index is 11.5. The van der Waals surface area contributed by atoms with Crippen LogP contribution in [0.4, 0.5) is 0 Å². The molecule has 18 heavy (non-hydrogen) atoms. The van der Waals surface area contributed by atoms with Gasteiger partial charge in [-0.3, -0.25) is 4.79 Å². The van der Waals surface area contributed by atoms with Gasteiger partial charge in [-0.05, 0) is 36.1 Å². The average molecular weight is 268 g/mol. The molecule has 0 aromatic heterocycles. The van der Waals surface area contributed by atoms with Crippen LogP contribution >= 0.6 is 11.6 Å². The van der Waals surface area contributed by atoms with E-state index in [1.165, 1.54) is 7.11 Å². The van der Waals surface area contributed by atoms with E-state index in [0.29, 0.717) is 5.56 Å². The Bertz CT molecular complexity index is 487. The van der Waals surface area contributed by atoms with Gasteiger partial charge in [-0.25, -0.2) is 4.79 Å². The highest BCUT2D eigenvalue weighted by atomic mass is 35.5. The van der Waals surface area contributed by atoms with Crippen molar-refractivity contribution in [3.63, 3.8) is 0 Å². The lowest BCUT2D eigenvalue weighted by atomic mass is 10.0. The molecule has 0 saturated heterocycles. The highest BCUT2D eigenvalue weighted by molar-refractivity contribution is 6.27. The number of carbonyl (C=O) groups is 2. The number of methoxy groups -OCH3 is 1. The summed E-state index contributed by atoms with van der Waals surface area (Å²) in [4.78, 5) is 22.8. The number of aryl methyl sites for hydroxylation is 1. The Kier molecular flexibility index (Phi) is 3.87. The van der Waals surface area contributed by atoms with Crippen LogP contribution in [0, 0.1) is 0 Å². The summed E-state index contributed by atoms with van der Waals surface area (Å²) >= 11 is 5.48. The molecule has 0 aliphatic heterocycles. The number of ether oxygens (including phenoxy) is 1. The van der Waals surface area contributed by atoms with Crippen molar-refractivity contribution in [1.82, 2.24) is 5.32 Å². The first-order chi connectivity index (χ1) is 8.65. The minimum atomic E-state index is -0.368. The fourth-order valence-electron chi connectivity index (χ4n) is 2.23. The van der Waals surface area contributed by atoms with Crippen molar-refractivity contribution < 1.29 is 14.3 Å². The lowest BCUT2D eigenvalue weighted by molar-refractivity contribution is -0.119. The minimum absolute atomic E-state index is 0.0530. The second kappa shape index (κ2) is 5.40. The number of alkyl halides is 1. The van der Waals surface area contributed by atoms with Crippen LogP contribution in [0.1, 0.15) is 33.9 Å². The number of fused-ring (bicyclic) bond motifs is 1. The molecule has 1 aliphatic carbocycles. The molecular weight excluding hydrogens is 254 g/mol. The first-order valence-corrected chi connectivity index (χ1v) is 6.25. The van der Waals surface area contributed by atoms with Crippen molar-refractivity contribution in [1.29, 1.82) is 0 Å². The van der Waals surface area contributed by atoms with Gasteiger partial charge in [-0.2, -0.15) is 0 Å². The molecule has 1 atom stereocenters. The molecule has 0 fully saturated rings. The van der Waals surface area contributed by atoms with Crippen molar-refractivity contribution in [3.05, 3.63) is 34.9 Å². The standard InChI is InChI=1S/C13H14ClNO3/c1-18-13(17)9-3-2-8-4-5-11(10(8)6-9)15-12(16)7-14/h2-3,6,11H,4-5,7H2,1H3,(H,15,16). The van der Waals surface area contributed by atoms with Gasteiger partial charge in [-0.1, -0.05) is 6.07 Å². The van der Waals surface area contributed by atoms with Crippen LogP contribution in [0.5, 0.6) is 0 Å². The summed E-state index contributed by atoms with van der Waals surface area (Å²) in [7, 11) is 1.35. The fraction of sp³-hybridized carbons (Fsp3) is 0.385. The predicted molar refractivity (Wildman–Crippen MR) is 67.7 cm³/mol. The first-order valence-electron chi connectivity index (χ1n) is 5.72. The van der Waals surface area contributed by atoms with Crippen molar-refractivity contribution >= 4 is 23.5 Å². The molecule has 4 nitrogen and oxygen atoms in total. The molecule has 0 saturated carbocycles. The summed E-state index contributed by atoms with van der Waals surface area (Å²) in [5.74, 6) is -0.618. The number of benzene rings is 1. The Balaban J connectivity index is 2.24. The molecule has 1 aromatic rings. The van der Waals surface area contributed by atoms with Gasteiger partial charge in [-0.15, -0.1) is 11.6 Å². The van der Waals surface area contributed by atoms with Crippen LogP contribution in [0.2, 0.25) is 0 Å². The van der Waals surface area contributed by atoms with E-state index in [1.807, 2.05) is 6.07 Å². The number of hydrogen-bond donors (Lipinski definition) is 1. The van der Waals surface area contributed by atoms with E-state index in [4.69, 9.17) is 11.6 Å². The number of amides is 1. The Morgan fingerprint density at radius 3 is 2.94 bits per heavy atom. The summed E-state index contributed by atoms with van der Waals surface area (Å²) in [6.07, 6.45) is 1.73. The smallest absolute Gasteiger partial charge is 0.337 e. The van der Waals surface area contributed by atoms with Crippen molar-refractivity contribution in [2.45, 2.75) is 18.9 Å². The molecule has 0 radical (unpaired) electrons. The van der Waals surface area contributed by atoms with E-state index in [-0.39, 0.29) is 23.8 Å². The van der Waals surface area contributed by atoms with E-state index in [0.717, 1.165) is 24.0 Å². The monoisotopic (exact) mass is 267 g/mol. The van der Waals surface area contributed by atoms with Crippen molar-refractivity contribution in [2.24, 2.45) is 0 Å². The van der Waals surface area contributed by atoms with Gasteiger partial charge in [0, 0.05) is 0 Å². The summed E-state index contributed by atoms with van der Waals surface area (Å²) in [5, 5.41) is 2.85.